The Bertz CT molecular complexity index is 977. The summed E-state index contributed by atoms with van der Waals surface area (Å²) in [6, 6.07) is 14.2. The van der Waals surface area contributed by atoms with E-state index in [2.05, 4.69) is 21.6 Å². The molecule has 8 heteroatoms. The second-order valence-corrected chi connectivity index (χ2v) is 7.51. The number of thioether (sulfide) groups is 1. The average Bonchev–Trinajstić information content (AvgIpc) is 3.11. The molecule has 0 atom stereocenters. The molecule has 1 heterocycles. The lowest BCUT2D eigenvalue weighted by Crippen LogP contribution is -2.13. The molecular formula is C21H23FN4O2S. The van der Waals surface area contributed by atoms with Crippen LogP contribution < -0.4 is 5.32 Å². The van der Waals surface area contributed by atoms with E-state index < -0.39 is 5.82 Å². The number of hydrogen-bond donors (Lipinski definition) is 1. The van der Waals surface area contributed by atoms with Crippen LogP contribution in [-0.4, -0.2) is 40.1 Å². The topological polar surface area (TPSA) is 69.0 Å². The van der Waals surface area contributed by atoms with Crippen LogP contribution in [0.25, 0.3) is 11.4 Å². The molecule has 0 fully saturated rings. The van der Waals surface area contributed by atoms with Crippen LogP contribution >= 0.6 is 11.8 Å². The number of nitrogens with one attached hydrogen (secondary N) is 1. The monoisotopic (exact) mass is 414 g/mol. The highest BCUT2D eigenvalue weighted by Crippen LogP contribution is 2.25. The largest absolute Gasteiger partial charge is 0.383 e. The van der Waals surface area contributed by atoms with Gasteiger partial charge < -0.3 is 10.1 Å². The van der Waals surface area contributed by atoms with Crippen LogP contribution in [0.2, 0.25) is 0 Å². The number of anilines is 1. The molecule has 1 N–H and O–H groups in total. The van der Waals surface area contributed by atoms with E-state index in [4.69, 9.17) is 4.74 Å². The molecule has 1 aromatic heterocycles. The van der Waals surface area contributed by atoms with Crippen molar-refractivity contribution in [3.63, 3.8) is 0 Å². The zero-order valence-corrected chi connectivity index (χ0v) is 17.2. The van der Waals surface area contributed by atoms with Crippen LogP contribution in [0.5, 0.6) is 0 Å². The molecule has 0 aliphatic heterocycles. The molecule has 3 rings (SSSR count). The van der Waals surface area contributed by atoms with Crippen molar-refractivity contribution in [3.8, 4) is 11.4 Å². The summed E-state index contributed by atoms with van der Waals surface area (Å²) in [5, 5.41) is 12.0. The van der Waals surface area contributed by atoms with Gasteiger partial charge in [0.05, 0.1) is 18.8 Å². The highest BCUT2D eigenvalue weighted by molar-refractivity contribution is 7.99. The minimum atomic E-state index is -0.449. The molecule has 0 radical (unpaired) electrons. The number of ether oxygens (including phenoxy) is 1. The third-order valence-electron chi connectivity index (χ3n) is 4.22. The first-order valence-corrected chi connectivity index (χ1v) is 10.2. The number of methoxy groups -OCH3 is 1. The molecule has 1 amide bonds. The van der Waals surface area contributed by atoms with Crippen LogP contribution in [0, 0.1) is 12.7 Å². The van der Waals surface area contributed by atoms with E-state index in [0.29, 0.717) is 18.9 Å². The number of halogens is 1. The van der Waals surface area contributed by atoms with E-state index >= 15 is 0 Å². The third-order valence-corrected chi connectivity index (χ3v) is 5.19. The lowest BCUT2D eigenvalue weighted by Gasteiger charge is -2.10. The lowest BCUT2D eigenvalue weighted by atomic mass is 10.1. The summed E-state index contributed by atoms with van der Waals surface area (Å²) in [7, 11) is 1.65. The van der Waals surface area contributed by atoms with Crippen molar-refractivity contribution in [1.29, 1.82) is 0 Å². The summed E-state index contributed by atoms with van der Waals surface area (Å²) >= 11 is 1.44. The molecule has 0 saturated carbocycles. The van der Waals surface area contributed by atoms with E-state index in [9.17, 15) is 9.18 Å². The molecule has 0 aliphatic carbocycles. The number of amides is 1. The zero-order chi connectivity index (χ0) is 20.6. The Morgan fingerprint density at radius 2 is 2.03 bits per heavy atom. The summed E-state index contributed by atoms with van der Waals surface area (Å²) < 4.78 is 20.9. The quantitative estimate of drug-likeness (QED) is 0.533. The van der Waals surface area contributed by atoms with Crippen LogP contribution in [0.15, 0.2) is 53.7 Å². The van der Waals surface area contributed by atoms with Crippen LogP contribution in [-0.2, 0) is 16.1 Å². The number of benzene rings is 2. The van der Waals surface area contributed by atoms with Crippen molar-refractivity contribution < 1.29 is 13.9 Å². The first-order chi connectivity index (χ1) is 14.1. The molecule has 0 unspecified atom stereocenters. The minimum Gasteiger partial charge on any atom is -0.383 e. The molecule has 29 heavy (non-hydrogen) atoms. The number of rotatable bonds is 9. The van der Waals surface area contributed by atoms with E-state index in [-0.39, 0.29) is 18.0 Å². The van der Waals surface area contributed by atoms with Gasteiger partial charge in [0.25, 0.3) is 0 Å². The van der Waals surface area contributed by atoms with Crippen LogP contribution in [0.3, 0.4) is 0 Å². The van der Waals surface area contributed by atoms with E-state index in [1.807, 2.05) is 29.7 Å². The smallest absolute Gasteiger partial charge is 0.225 e. The Kier molecular flexibility index (Phi) is 7.37. The lowest BCUT2D eigenvalue weighted by molar-refractivity contribution is -0.115. The molecule has 0 spiro atoms. The van der Waals surface area contributed by atoms with Crippen molar-refractivity contribution >= 4 is 23.4 Å². The Hall–Kier alpha value is -2.71. The van der Waals surface area contributed by atoms with E-state index in [1.165, 1.54) is 23.9 Å². The average molecular weight is 415 g/mol. The van der Waals surface area contributed by atoms with Gasteiger partial charge in [0, 0.05) is 24.8 Å². The number of hydrogen-bond acceptors (Lipinski definition) is 5. The molecule has 0 aliphatic rings. The van der Waals surface area contributed by atoms with Gasteiger partial charge in [0.15, 0.2) is 11.0 Å². The van der Waals surface area contributed by atoms with Crippen LogP contribution in [0.1, 0.15) is 12.0 Å². The third kappa shape index (κ3) is 5.65. The van der Waals surface area contributed by atoms with Crippen molar-refractivity contribution in [1.82, 2.24) is 14.8 Å². The summed E-state index contributed by atoms with van der Waals surface area (Å²) in [5.74, 6) is 0.572. The Labute approximate surface area is 173 Å². The standard InChI is InChI=1S/C21H23FN4O2S/c1-15-6-5-7-16(14-15)20-24-25-21(26(20)11-12-28-2)29-13-10-19(27)23-18-9-4-3-8-17(18)22/h3-9,14H,10-13H2,1-2H3,(H,23,27). The van der Waals surface area contributed by atoms with Crippen molar-refractivity contribution in [2.45, 2.75) is 25.0 Å². The maximum atomic E-state index is 13.6. The fourth-order valence-corrected chi connectivity index (χ4v) is 3.69. The Balaban J connectivity index is 1.65. The summed E-state index contributed by atoms with van der Waals surface area (Å²) in [5.41, 5.74) is 2.31. The highest BCUT2D eigenvalue weighted by atomic mass is 32.2. The van der Waals surface area contributed by atoms with Crippen molar-refractivity contribution in [2.24, 2.45) is 0 Å². The number of para-hydroxylation sites is 1. The van der Waals surface area contributed by atoms with Gasteiger partial charge in [0.2, 0.25) is 5.91 Å². The number of carbonyl (C=O) groups excluding carboxylic acids is 1. The molecule has 6 nitrogen and oxygen atoms in total. The first kappa shape index (κ1) is 21.0. The van der Waals surface area contributed by atoms with Gasteiger partial charge in [-0.15, -0.1) is 10.2 Å². The number of nitrogens with zero attached hydrogens (tertiary/aromatic N) is 3. The minimum absolute atomic E-state index is 0.187. The number of aromatic nitrogens is 3. The van der Waals surface area contributed by atoms with Gasteiger partial charge in [-0.1, -0.05) is 47.7 Å². The van der Waals surface area contributed by atoms with Gasteiger partial charge in [-0.3, -0.25) is 9.36 Å². The Morgan fingerprint density at radius 1 is 1.21 bits per heavy atom. The zero-order valence-electron chi connectivity index (χ0n) is 16.4. The Morgan fingerprint density at radius 3 is 2.79 bits per heavy atom. The van der Waals surface area contributed by atoms with Gasteiger partial charge in [-0.25, -0.2) is 4.39 Å². The summed E-state index contributed by atoms with van der Waals surface area (Å²) in [6.07, 6.45) is 0.232. The maximum Gasteiger partial charge on any atom is 0.225 e. The van der Waals surface area contributed by atoms with Gasteiger partial charge in [-0.2, -0.15) is 0 Å². The normalized spacial score (nSPS) is 10.9. The molecular weight excluding hydrogens is 391 g/mol. The van der Waals surface area contributed by atoms with E-state index in [1.54, 1.807) is 19.2 Å². The summed E-state index contributed by atoms with van der Waals surface area (Å²) in [6.45, 7) is 3.16. The molecule has 2 aromatic carbocycles. The summed E-state index contributed by atoms with van der Waals surface area (Å²) in [4.78, 5) is 12.1. The molecule has 0 bridgehead atoms. The number of carbonyl (C=O) groups is 1. The first-order valence-electron chi connectivity index (χ1n) is 9.25. The molecule has 3 aromatic rings. The van der Waals surface area contributed by atoms with Crippen molar-refractivity contribution in [2.75, 3.05) is 24.8 Å². The van der Waals surface area contributed by atoms with Crippen LogP contribution in [0.4, 0.5) is 10.1 Å². The van der Waals surface area contributed by atoms with Gasteiger partial charge in [-0.05, 0) is 25.1 Å². The number of aryl methyl sites for hydroxylation is 1. The second-order valence-electron chi connectivity index (χ2n) is 6.45. The van der Waals surface area contributed by atoms with Crippen molar-refractivity contribution in [3.05, 3.63) is 59.9 Å². The maximum absolute atomic E-state index is 13.6. The second kappa shape index (κ2) is 10.2. The molecule has 152 valence electrons. The van der Waals surface area contributed by atoms with Gasteiger partial charge >= 0.3 is 0 Å². The fraction of sp³-hybridized carbons (Fsp3) is 0.286. The SMILES string of the molecule is COCCn1c(SCCC(=O)Nc2ccccc2F)nnc1-c1cccc(C)c1. The van der Waals surface area contributed by atoms with Gasteiger partial charge in [0.1, 0.15) is 5.82 Å². The molecule has 0 saturated heterocycles. The predicted molar refractivity (Wildman–Crippen MR) is 112 cm³/mol. The fourth-order valence-electron chi connectivity index (χ4n) is 2.79. The van der Waals surface area contributed by atoms with E-state index in [0.717, 1.165) is 22.1 Å². The predicted octanol–water partition coefficient (Wildman–Crippen LogP) is 4.16. The highest BCUT2D eigenvalue weighted by Gasteiger charge is 2.15.